The number of carbonyl (C=O) groups excluding carboxylic acids is 2. The summed E-state index contributed by atoms with van der Waals surface area (Å²) in [6.45, 7) is 1.49. The van der Waals surface area contributed by atoms with Crippen molar-refractivity contribution in [1.82, 2.24) is 10.6 Å². The van der Waals surface area contributed by atoms with Crippen LogP contribution in [0.1, 0.15) is 22.8 Å². The number of anilines is 1. The molecule has 0 heterocycles. The van der Waals surface area contributed by atoms with Gasteiger partial charge in [-0.1, -0.05) is 89.4 Å². The predicted molar refractivity (Wildman–Crippen MR) is 144 cm³/mol. The number of ketones is 1. The Bertz CT molecular complexity index is 1150. The number of alkyl halides is 3. The number of Topliss-reactive ketones (excluding diaryl/α,β-unsaturated/α-hetero) is 1. The minimum atomic E-state index is -1.86. The van der Waals surface area contributed by atoms with Gasteiger partial charge in [0.15, 0.2) is 10.9 Å². The number of amides is 1. The first-order chi connectivity index (χ1) is 16.1. The van der Waals surface area contributed by atoms with Crippen LogP contribution in [-0.4, -0.2) is 26.8 Å². The average Bonchev–Trinajstić information content (AvgIpc) is 2.79. The van der Waals surface area contributed by atoms with E-state index in [1.165, 1.54) is 6.92 Å². The summed E-state index contributed by atoms with van der Waals surface area (Å²) in [7, 11) is 0. The molecule has 5 nitrogen and oxygen atoms in total. The van der Waals surface area contributed by atoms with Gasteiger partial charge in [0.25, 0.3) is 0 Å². The maximum absolute atomic E-state index is 12.6. The van der Waals surface area contributed by atoms with Crippen LogP contribution in [-0.2, 0) is 11.2 Å². The van der Waals surface area contributed by atoms with Gasteiger partial charge < -0.3 is 16.0 Å². The highest BCUT2D eigenvalue weighted by Gasteiger charge is 2.34. The fourth-order valence-electron chi connectivity index (χ4n) is 3.13. The lowest BCUT2D eigenvalue weighted by molar-refractivity contribution is -0.121. The molecular weight excluding hydrogens is 513 g/mol. The van der Waals surface area contributed by atoms with E-state index in [4.69, 9.17) is 47.0 Å². The van der Waals surface area contributed by atoms with Crippen LogP contribution in [0.2, 0.25) is 0 Å². The number of benzene rings is 3. The molecule has 3 N–H and O–H groups in total. The molecule has 1 amide bonds. The van der Waals surface area contributed by atoms with Gasteiger partial charge in [0.2, 0.25) is 9.70 Å². The molecule has 1 atom stereocenters. The topological polar surface area (TPSA) is 70.2 Å². The molecular formula is C25H22Cl3N3O2S. The Morgan fingerprint density at radius 2 is 1.44 bits per heavy atom. The second kappa shape index (κ2) is 11.7. The lowest BCUT2D eigenvalue weighted by Crippen LogP contribution is -2.56. The maximum atomic E-state index is 12.6. The zero-order chi connectivity index (χ0) is 24.7. The largest absolute Gasteiger partial charge is 0.339 e. The second-order valence-electron chi connectivity index (χ2n) is 7.51. The van der Waals surface area contributed by atoms with E-state index in [2.05, 4.69) is 16.0 Å². The molecule has 0 aliphatic carbocycles. The summed E-state index contributed by atoms with van der Waals surface area (Å²) in [6.07, 6.45) is -0.981. The molecule has 0 aromatic heterocycles. The molecule has 0 saturated carbocycles. The van der Waals surface area contributed by atoms with Crippen molar-refractivity contribution in [1.29, 1.82) is 0 Å². The van der Waals surface area contributed by atoms with Gasteiger partial charge in [-0.15, -0.1) is 0 Å². The number of hydrogen-bond acceptors (Lipinski definition) is 3. The van der Waals surface area contributed by atoms with Crippen molar-refractivity contribution in [3.8, 4) is 11.1 Å². The maximum Gasteiger partial charge on any atom is 0.228 e. The molecule has 1 unspecified atom stereocenters. The van der Waals surface area contributed by atoms with Gasteiger partial charge in [-0.25, -0.2) is 0 Å². The van der Waals surface area contributed by atoms with E-state index < -0.39 is 9.96 Å². The van der Waals surface area contributed by atoms with Gasteiger partial charge in [0, 0.05) is 11.3 Å². The van der Waals surface area contributed by atoms with E-state index in [1.54, 1.807) is 24.3 Å². The van der Waals surface area contributed by atoms with Gasteiger partial charge in [-0.05, 0) is 60.1 Å². The zero-order valence-corrected chi connectivity index (χ0v) is 21.2. The number of hydrogen-bond donors (Lipinski definition) is 3. The van der Waals surface area contributed by atoms with Crippen LogP contribution >= 0.6 is 47.0 Å². The quantitative estimate of drug-likeness (QED) is 0.152. The third-order valence-corrected chi connectivity index (χ3v) is 5.76. The zero-order valence-electron chi connectivity index (χ0n) is 18.1. The Morgan fingerprint density at radius 3 is 2.00 bits per heavy atom. The van der Waals surface area contributed by atoms with Gasteiger partial charge in [-0.3, -0.25) is 9.59 Å². The minimum absolute atomic E-state index is 0.0408. The fraction of sp³-hybridized carbons (Fsp3) is 0.160. The molecule has 34 heavy (non-hydrogen) atoms. The van der Waals surface area contributed by atoms with E-state index >= 15 is 0 Å². The Kier molecular flexibility index (Phi) is 8.91. The molecule has 0 saturated heterocycles. The van der Waals surface area contributed by atoms with Gasteiger partial charge in [0.05, 0.1) is 6.42 Å². The van der Waals surface area contributed by atoms with Crippen molar-refractivity contribution in [2.75, 3.05) is 5.32 Å². The molecule has 0 bridgehead atoms. The van der Waals surface area contributed by atoms with E-state index in [0.29, 0.717) is 11.3 Å². The molecule has 0 fully saturated rings. The monoisotopic (exact) mass is 533 g/mol. The van der Waals surface area contributed by atoms with Crippen molar-refractivity contribution < 1.29 is 9.59 Å². The summed E-state index contributed by atoms with van der Waals surface area (Å²) in [5.74, 6) is -0.383. The predicted octanol–water partition coefficient (Wildman–Crippen LogP) is 5.90. The van der Waals surface area contributed by atoms with Crippen LogP contribution in [0.25, 0.3) is 11.1 Å². The Labute approximate surface area is 218 Å². The Morgan fingerprint density at radius 1 is 0.853 bits per heavy atom. The van der Waals surface area contributed by atoms with E-state index in [1.807, 2.05) is 54.6 Å². The summed E-state index contributed by atoms with van der Waals surface area (Å²) in [5.41, 5.74) is 4.17. The summed E-state index contributed by atoms with van der Waals surface area (Å²) >= 11 is 23.5. The lowest BCUT2D eigenvalue weighted by atomic mass is 10.0. The SMILES string of the molecule is CC(=O)c1ccc(NC(=S)NC(NC(=O)Cc2ccc(-c3ccccc3)cc2)C(Cl)(Cl)Cl)cc1. The van der Waals surface area contributed by atoms with E-state index in [0.717, 1.165) is 16.7 Å². The Balaban J connectivity index is 1.59. The van der Waals surface area contributed by atoms with Gasteiger partial charge in [0.1, 0.15) is 6.17 Å². The van der Waals surface area contributed by atoms with Crippen LogP contribution in [0.15, 0.2) is 78.9 Å². The Hall–Kier alpha value is -2.64. The number of rotatable bonds is 7. The number of carbonyl (C=O) groups is 2. The lowest BCUT2D eigenvalue weighted by Gasteiger charge is -2.27. The summed E-state index contributed by atoms with van der Waals surface area (Å²) in [5, 5.41) is 8.57. The van der Waals surface area contributed by atoms with Crippen molar-refractivity contribution >= 4 is 69.5 Å². The highest BCUT2D eigenvalue weighted by molar-refractivity contribution is 7.80. The summed E-state index contributed by atoms with van der Waals surface area (Å²) in [4.78, 5) is 24.1. The van der Waals surface area contributed by atoms with Crippen LogP contribution in [0.4, 0.5) is 5.69 Å². The third-order valence-electron chi connectivity index (χ3n) is 4.88. The van der Waals surface area contributed by atoms with Crippen LogP contribution < -0.4 is 16.0 Å². The molecule has 3 aromatic rings. The first-order valence-corrected chi connectivity index (χ1v) is 11.8. The first-order valence-electron chi connectivity index (χ1n) is 10.3. The summed E-state index contributed by atoms with van der Waals surface area (Å²) in [6, 6.07) is 24.4. The summed E-state index contributed by atoms with van der Waals surface area (Å²) < 4.78 is -1.86. The van der Waals surface area contributed by atoms with Crippen LogP contribution in [0.5, 0.6) is 0 Å². The second-order valence-corrected chi connectivity index (χ2v) is 10.3. The molecule has 0 radical (unpaired) electrons. The average molecular weight is 535 g/mol. The van der Waals surface area contributed by atoms with Crippen molar-refractivity contribution in [3.05, 3.63) is 90.0 Å². The fourth-order valence-corrected chi connectivity index (χ4v) is 3.69. The molecule has 0 aliphatic rings. The molecule has 3 rings (SSSR count). The highest BCUT2D eigenvalue weighted by atomic mass is 35.6. The third kappa shape index (κ3) is 7.71. The number of nitrogens with one attached hydrogen (secondary N) is 3. The van der Waals surface area contributed by atoms with Gasteiger partial charge >= 0.3 is 0 Å². The minimum Gasteiger partial charge on any atom is -0.339 e. The molecule has 0 aliphatic heterocycles. The normalized spacial score (nSPS) is 11.9. The smallest absolute Gasteiger partial charge is 0.228 e. The van der Waals surface area contributed by atoms with Crippen LogP contribution in [0.3, 0.4) is 0 Å². The molecule has 3 aromatic carbocycles. The number of thiocarbonyl (C=S) groups is 1. The molecule has 176 valence electrons. The molecule has 0 spiro atoms. The van der Waals surface area contributed by atoms with Crippen molar-refractivity contribution in [2.24, 2.45) is 0 Å². The number of halogens is 3. The highest BCUT2D eigenvalue weighted by Crippen LogP contribution is 2.29. The van der Waals surface area contributed by atoms with Crippen molar-refractivity contribution in [2.45, 2.75) is 23.3 Å². The van der Waals surface area contributed by atoms with E-state index in [9.17, 15) is 9.59 Å². The van der Waals surface area contributed by atoms with Crippen LogP contribution in [0, 0.1) is 0 Å². The molecule has 9 heteroatoms. The first kappa shape index (κ1) is 26.0. The standard InChI is InChI=1S/C25H22Cl3N3O2S/c1-16(32)18-11-13-21(14-12-18)29-24(34)31-23(25(26,27)28)30-22(33)15-17-7-9-20(10-8-17)19-5-3-2-4-6-19/h2-14,23H,15H2,1H3,(H,30,33)(H2,29,31,34). The van der Waals surface area contributed by atoms with Crippen molar-refractivity contribution in [3.63, 3.8) is 0 Å². The van der Waals surface area contributed by atoms with E-state index in [-0.39, 0.29) is 23.2 Å². The van der Waals surface area contributed by atoms with Gasteiger partial charge in [-0.2, -0.15) is 0 Å².